The Hall–Kier alpha value is -3.23. The summed E-state index contributed by atoms with van der Waals surface area (Å²) >= 11 is 0. The second-order valence-corrected chi connectivity index (χ2v) is 6.80. The summed E-state index contributed by atoms with van der Waals surface area (Å²) in [6.45, 7) is 0. The van der Waals surface area contributed by atoms with Crippen molar-refractivity contribution in [2.75, 3.05) is 5.32 Å². The van der Waals surface area contributed by atoms with Gasteiger partial charge in [0.25, 0.3) is 0 Å². The normalized spacial score (nSPS) is 13.6. The van der Waals surface area contributed by atoms with Crippen LogP contribution in [0.1, 0.15) is 30.0 Å². The zero-order chi connectivity index (χ0) is 20.7. The van der Waals surface area contributed by atoms with Crippen LogP contribution in [0.25, 0.3) is 11.1 Å². The Balaban J connectivity index is 1.62. The number of halogens is 5. The van der Waals surface area contributed by atoms with Gasteiger partial charge < -0.3 is 5.32 Å². The molecule has 1 aliphatic rings. The van der Waals surface area contributed by atoms with Gasteiger partial charge in [0, 0.05) is 28.8 Å². The molecule has 0 bridgehead atoms. The second-order valence-electron chi connectivity index (χ2n) is 6.80. The van der Waals surface area contributed by atoms with E-state index < -0.39 is 58.1 Å². The molecule has 1 heterocycles. The van der Waals surface area contributed by atoms with Crippen LogP contribution in [0.4, 0.5) is 27.8 Å². The van der Waals surface area contributed by atoms with E-state index in [0.717, 1.165) is 30.7 Å². The van der Waals surface area contributed by atoms with E-state index in [0.29, 0.717) is 5.92 Å². The average Bonchev–Trinajstić information content (AvgIpc) is 3.45. The minimum Gasteiger partial charge on any atom is -0.309 e. The first kappa shape index (κ1) is 19.1. The Kier molecular flexibility index (Phi) is 4.81. The summed E-state index contributed by atoms with van der Waals surface area (Å²) in [6, 6.07) is 6.03. The van der Waals surface area contributed by atoms with Crippen molar-refractivity contribution >= 4 is 11.7 Å². The molecule has 4 nitrogen and oxygen atoms in total. The molecule has 1 saturated carbocycles. The van der Waals surface area contributed by atoms with Crippen LogP contribution in [0, 0.1) is 29.1 Å². The van der Waals surface area contributed by atoms with Gasteiger partial charge in [0.2, 0.25) is 5.91 Å². The van der Waals surface area contributed by atoms with Crippen molar-refractivity contribution in [3.63, 3.8) is 0 Å². The van der Waals surface area contributed by atoms with E-state index in [-0.39, 0.29) is 5.82 Å². The van der Waals surface area contributed by atoms with Crippen LogP contribution in [0.15, 0.2) is 30.3 Å². The van der Waals surface area contributed by atoms with Crippen molar-refractivity contribution in [3.05, 3.63) is 70.7 Å². The minimum absolute atomic E-state index is 0.140. The number of hydrogen-bond donors (Lipinski definition) is 2. The molecule has 29 heavy (non-hydrogen) atoms. The van der Waals surface area contributed by atoms with Crippen LogP contribution in [-0.2, 0) is 11.2 Å². The van der Waals surface area contributed by atoms with Gasteiger partial charge >= 0.3 is 0 Å². The Bertz CT molecular complexity index is 1080. The van der Waals surface area contributed by atoms with E-state index in [1.807, 2.05) is 0 Å². The number of aromatic nitrogens is 2. The number of hydrogen-bond acceptors (Lipinski definition) is 2. The van der Waals surface area contributed by atoms with E-state index in [2.05, 4.69) is 15.5 Å². The van der Waals surface area contributed by atoms with Crippen LogP contribution in [-0.4, -0.2) is 16.1 Å². The molecule has 0 unspecified atom stereocenters. The number of carbonyl (C=O) groups is 1. The average molecular weight is 407 g/mol. The summed E-state index contributed by atoms with van der Waals surface area (Å²) in [7, 11) is 0. The molecular formula is C20H14F5N3O. The standard InChI is InChI=1S/C20H14F5N3O/c21-12-4-2-1-3-10(12)16-19(24)17(22)11(18(23)20(16)25)7-15(29)26-14-8-13(27-28-14)9-5-6-9/h1-4,8-9H,5-7H2,(H2,26,27,28,29). The number of nitrogens with zero attached hydrogens (tertiary/aromatic N) is 1. The molecule has 0 spiro atoms. The highest BCUT2D eigenvalue weighted by atomic mass is 19.2. The quantitative estimate of drug-likeness (QED) is 0.470. The van der Waals surface area contributed by atoms with Crippen molar-refractivity contribution < 1.29 is 26.7 Å². The maximum atomic E-state index is 14.4. The van der Waals surface area contributed by atoms with Gasteiger partial charge in [-0.1, -0.05) is 18.2 Å². The smallest absolute Gasteiger partial charge is 0.230 e. The summed E-state index contributed by atoms with van der Waals surface area (Å²) in [5.41, 5.74) is -2.05. The third-order valence-electron chi connectivity index (χ3n) is 4.72. The molecule has 1 fully saturated rings. The Labute approximate surface area is 161 Å². The Morgan fingerprint density at radius 3 is 2.31 bits per heavy atom. The molecule has 1 aromatic heterocycles. The monoisotopic (exact) mass is 407 g/mol. The number of rotatable bonds is 5. The van der Waals surface area contributed by atoms with Gasteiger partial charge in [0.1, 0.15) is 5.82 Å². The first-order chi connectivity index (χ1) is 13.9. The summed E-state index contributed by atoms with van der Waals surface area (Å²) in [6.07, 6.45) is 1.03. The predicted molar refractivity (Wildman–Crippen MR) is 94.6 cm³/mol. The molecule has 0 aliphatic heterocycles. The maximum Gasteiger partial charge on any atom is 0.230 e. The molecule has 0 atom stereocenters. The fourth-order valence-electron chi connectivity index (χ4n) is 3.08. The summed E-state index contributed by atoms with van der Waals surface area (Å²) in [5.74, 6) is -8.51. The van der Waals surface area contributed by atoms with E-state index in [1.54, 1.807) is 6.07 Å². The molecule has 1 amide bonds. The number of nitrogens with one attached hydrogen (secondary N) is 2. The summed E-state index contributed by atoms with van der Waals surface area (Å²) < 4.78 is 71.6. The number of aromatic amines is 1. The van der Waals surface area contributed by atoms with Crippen molar-refractivity contribution in [3.8, 4) is 11.1 Å². The number of carbonyl (C=O) groups excluding carboxylic acids is 1. The maximum absolute atomic E-state index is 14.4. The third kappa shape index (κ3) is 3.59. The molecule has 4 rings (SSSR count). The Morgan fingerprint density at radius 1 is 1.03 bits per heavy atom. The van der Waals surface area contributed by atoms with E-state index in [1.165, 1.54) is 12.1 Å². The second kappa shape index (κ2) is 7.31. The van der Waals surface area contributed by atoms with E-state index >= 15 is 0 Å². The van der Waals surface area contributed by atoms with Crippen molar-refractivity contribution in [1.82, 2.24) is 10.2 Å². The first-order valence-electron chi connectivity index (χ1n) is 8.81. The highest BCUT2D eigenvalue weighted by Gasteiger charge is 2.29. The molecule has 2 aromatic carbocycles. The highest BCUT2D eigenvalue weighted by molar-refractivity contribution is 5.91. The largest absolute Gasteiger partial charge is 0.309 e. The lowest BCUT2D eigenvalue weighted by atomic mass is 9.99. The van der Waals surface area contributed by atoms with Crippen LogP contribution in [0.2, 0.25) is 0 Å². The molecule has 2 N–H and O–H groups in total. The molecule has 0 saturated heterocycles. The van der Waals surface area contributed by atoms with Gasteiger partial charge in [-0.3, -0.25) is 9.89 Å². The zero-order valence-electron chi connectivity index (χ0n) is 14.8. The lowest BCUT2D eigenvalue weighted by Crippen LogP contribution is -2.18. The topological polar surface area (TPSA) is 57.8 Å². The van der Waals surface area contributed by atoms with Crippen molar-refractivity contribution in [2.45, 2.75) is 25.2 Å². The first-order valence-corrected chi connectivity index (χ1v) is 8.81. The Morgan fingerprint density at radius 2 is 1.69 bits per heavy atom. The van der Waals surface area contributed by atoms with Gasteiger partial charge in [-0.05, 0) is 18.9 Å². The summed E-state index contributed by atoms with van der Waals surface area (Å²) in [4.78, 5) is 12.1. The van der Waals surface area contributed by atoms with Crippen LogP contribution < -0.4 is 5.32 Å². The molecule has 150 valence electrons. The fraction of sp³-hybridized carbons (Fsp3) is 0.200. The van der Waals surface area contributed by atoms with Crippen LogP contribution >= 0.6 is 0 Å². The molecule has 9 heteroatoms. The van der Waals surface area contributed by atoms with Gasteiger partial charge in [-0.2, -0.15) is 5.10 Å². The number of H-pyrrole nitrogens is 1. The van der Waals surface area contributed by atoms with Gasteiger partial charge in [0.05, 0.1) is 12.0 Å². The SMILES string of the molecule is O=C(Cc1c(F)c(F)c(-c2ccccc2F)c(F)c1F)Nc1cc(C2CC2)[nH]n1. The van der Waals surface area contributed by atoms with Gasteiger partial charge in [-0.25, -0.2) is 22.0 Å². The molecule has 1 aliphatic carbocycles. The minimum atomic E-state index is -1.77. The van der Waals surface area contributed by atoms with Crippen LogP contribution in [0.3, 0.4) is 0 Å². The predicted octanol–water partition coefficient (Wildman–Crippen LogP) is 4.83. The highest BCUT2D eigenvalue weighted by Crippen LogP contribution is 2.39. The summed E-state index contributed by atoms with van der Waals surface area (Å²) in [5, 5.41) is 8.93. The van der Waals surface area contributed by atoms with E-state index in [9.17, 15) is 26.7 Å². The van der Waals surface area contributed by atoms with Crippen LogP contribution in [0.5, 0.6) is 0 Å². The molecule has 0 radical (unpaired) electrons. The molecular weight excluding hydrogens is 393 g/mol. The molecule has 3 aromatic rings. The lowest BCUT2D eigenvalue weighted by molar-refractivity contribution is -0.115. The van der Waals surface area contributed by atoms with Gasteiger partial charge in [0.15, 0.2) is 29.1 Å². The number of anilines is 1. The third-order valence-corrected chi connectivity index (χ3v) is 4.72. The van der Waals surface area contributed by atoms with Gasteiger partial charge in [-0.15, -0.1) is 0 Å². The number of amides is 1. The van der Waals surface area contributed by atoms with E-state index in [4.69, 9.17) is 0 Å². The fourth-order valence-corrected chi connectivity index (χ4v) is 3.08. The number of benzene rings is 2. The van der Waals surface area contributed by atoms with Crippen molar-refractivity contribution in [2.24, 2.45) is 0 Å². The zero-order valence-corrected chi connectivity index (χ0v) is 14.8. The lowest BCUT2D eigenvalue weighted by Gasteiger charge is -2.12. The van der Waals surface area contributed by atoms with Crippen molar-refractivity contribution in [1.29, 1.82) is 0 Å².